The van der Waals surface area contributed by atoms with E-state index in [9.17, 15) is 0 Å². The molecule has 0 rings (SSSR count). The number of hydrogen-bond donors (Lipinski definition) is 1. The van der Waals surface area contributed by atoms with E-state index >= 15 is 0 Å². The fourth-order valence-electron chi connectivity index (χ4n) is 0.272. The largest absolute Gasteiger partial charge is 0.314 e. The minimum absolute atomic E-state index is 0.999. The molecule has 0 aliphatic heterocycles. The predicted octanol–water partition coefficient (Wildman–Crippen LogP) is 1.54. The third-order valence-corrected chi connectivity index (χ3v) is 1.11. The van der Waals surface area contributed by atoms with Crippen LogP contribution in [0, 0.1) is 0 Å². The zero-order valence-electron chi connectivity index (χ0n) is 4.45. The minimum Gasteiger partial charge on any atom is -0.314 e. The van der Waals surface area contributed by atoms with E-state index in [4.69, 9.17) is 0 Å². The molecule has 0 atom stereocenters. The highest BCUT2D eigenvalue weighted by atomic mass is 127. The lowest BCUT2D eigenvalue weighted by Crippen LogP contribution is -2.11. The molecule has 0 amide bonds. The second-order valence-corrected chi connectivity index (χ2v) is 1.89. The molecule has 2 heteroatoms. The number of halogens is 1. The lowest BCUT2D eigenvalue weighted by Gasteiger charge is -1.89. The van der Waals surface area contributed by atoms with Gasteiger partial charge in [-0.1, -0.05) is 35.6 Å². The maximum Gasteiger partial charge on any atom is 0.0142 e. The van der Waals surface area contributed by atoms with Crippen molar-refractivity contribution in [2.75, 3.05) is 13.1 Å². The van der Waals surface area contributed by atoms with Gasteiger partial charge in [0, 0.05) is 6.54 Å². The predicted molar refractivity (Wildman–Crippen MR) is 41.7 cm³/mol. The highest BCUT2D eigenvalue weighted by Crippen LogP contribution is 1.79. The van der Waals surface area contributed by atoms with Crippen LogP contribution in [-0.4, -0.2) is 13.1 Å². The molecule has 0 aromatic heterocycles. The first-order valence-electron chi connectivity index (χ1n) is 2.37. The molecule has 1 nitrogen and oxygen atoms in total. The van der Waals surface area contributed by atoms with E-state index in [-0.39, 0.29) is 0 Å². The highest BCUT2D eigenvalue weighted by Gasteiger charge is 1.69. The van der Waals surface area contributed by atoms with Crippen LogP contribution in [-0.2, 0) is 0 Å². The fraction of sp³-hybridized carbons (Fsp3) is 0.600. The molecule has 0 saturated carbocycles. The molecule has 0 heterocycles. The average Bonchev–Trinajstić information content (AvgIpc) is 1.69. The Kier molecular flexibility index (Phi) is 6.82. The normalized spacial score (nSPS) is 10.6. The average molecular weight is 211 g/mol. The molecule has 7 heavy (non-hydrogen) atoms. The zero-order valence-corrected chi connectivity index (χ0v) is 6.60. The van der Waals surface area contributed by atoms with Gasteiger partial charge >= 0.3 is 0 Å². The number of hydrogen-bond acceptors (Lipinski definition) is 1. The number of likely N-dealkylation sites (N-methyl/N-ethyl adjacent to an activating group) is 1. The van der Waals surface area contributed by atoms with Gasteiger partial charge in [-0.15, -0.1) is 0 Å². The van der Waals surface area contributed by atoms with E-state index < -0.39 is 0 Å². The molecule has 0 aromatic carbocycles. The van der Waals surface area contributed by atoms with Crippen molar-refractivity contribution in [3.63, 3.8) is 0 Å². The van der Waals surface area contributed by atoms with Gasteiger partial charge in [0.15, 0.2) is 0 Å². The molecule has 0 bridgehead atoms. The Balaban J connectivity index is 2.69. The van der Waals surface area contributed by atoms with Crippen molar-refractivity contribution in [1.82, 2.24) is 5.32 Å². The van der Waals surface area contributed by atoms with Gasteiger partial charge in [-0.2, -0.15) is 0 Å². The van der Waals surface area contributed by atoms with Gasteiger partial charge in [-0.3, -0.25) is 0 Å². The molecule has 0 aliphatic carbocycles. The second kappa shape index (κ2) is 6.43. The van der Waals surface area contributed by atoms with Crippen LogP contribution in [0.2, 0.25) is 0 Å². The first-order valence-corrected chi connectivity index (χ1v) is 3.62. The summed E-state index contributed by atoms with van der Waals surface area (Å²) in [5.74, 6) is 0. The molecule has 0 aromatic rings. The SMILES string of the molecule is CCNCC=CI. The van der Waals surface area contributed by atoms with Crippen molar-refractivity contribution < 1.29 is 0 Å². The minimum atomic E-state index is 0.999. The van der Waals surface area contributed by atoms with Crippen LogP contribution in [0.5, 0.6) is 0 Å². The monoisotopic (exact) mass is 211 g/mol. The lowest BCUT2D eigenvalue weighted by molar-refractivity contribution is 0.800. The van der Waals surface area contributed by atoms with E-state index in [2.05, 4.69) is 40.9 Å². The van der Waals surface area contributed by atoms with Gasteiger partial charge in [0.1, 0.15) is 0 Å². The molecule has 42 valence electrons. The summed E-state index contributed by atoms with van der Waals surface area (Å²) < 4.78 is 2.01. The van der Waals surface area contributed by atoms with Crippen LogP contribution in [0.1, 0.15) is 6.92 Å². The van der Waals surface area contributed by atoms with Crippen molar-refractivity contribution in [2.24, 2.45) is 0 Å². The summed E-state index contributed by atoms with van der Waals surface area (Å²) in [7, 11) is 0. The van der Waals surface area contributed by atoms with Gasteiger partial charge in [-0.05, 0) is 10.6 Å². The second-order valence-electron chi connectivity index (χ2n) is 1.17. The maximum atomic E-state index is 3.16. The van der Waals surface area contributed by atoms with Crippen LogP contribution >= 0.6 is 22.6 Å². The molecule has 0 radical (unpaired) electrons. The Morgan fingerprint density at radius 1 is 1.71 bits per heavy atom. The Hall–Kier alpha value is 0.430. The fourth-order valence-corrected chi connectivity index (χ4v) is 0.526. The Morgan fingerprint density at radius 2 is 2.43 bits per heavy atom. The van der Waals surface area contributed by atoms with Crippen molar-refractivity contribution in [2.45, 2.75) is 6.92 Å². The van der Waals surface area contributed by atoms with Crippen molar-refractivity contribution in [3.8, 4) is 0 Å². The smallest absolute Gasteiger partial charge is 0.0142 e. The maximum absolute atomic E-state index is 3.16. The molecular formula is C5H10IN. The molecule has 0 aliphatic rings. The summed E-state index contributed by atoms with van der Waals surface area (Å²) in [6.45, 7) is 4.15. The Bertz CT molecular complexity index is 52.0. The van der Waals surface area contributed by atoms with Crippen molar-refractivity contribution in [3.05, 3.63) is 10.2 Å². The number of nitrogens with one attached hydrogen (secondary N) is 1. The van der Waals surface area contributed by atoms with Crippen molar-refractivity contribution >= 4 is 22.6 Å². The molecular weight excluding hydrogens is 201 g/mol. The summed E-state index contributed by atoms with van der Waals surface area (Å²) in [6.07, 6.45) is 2.09. The van der Waals surface area contributed by atoms with Crippen LogP contribution in [0.3, 0.4) is 0 Å². The van der Waals surface area contributed by atoms with E-state index in [1.165, 1.54) is 0 Å². The molecule has 0 saturated heterocycles. The number of rotatable bonds is 3. The van der Waals surface area contributed by atoms with Gasteiger partial charge < -0.3 is 5.32 Å². The van der Waals surface area contributed by atoms with Crippen LogP contribution in [0.15, 0.2) is 10.2 Å². The quantitative estimate of drug-likeness (QED) is 0.551. The molecule has 1 N–H and O–H groups in total. The Morgan fingerprint density at radius 3 is 2.86 bits per heavy atom. The van der Waals surface area contributed by atoms with Gasteiger partial charge in [0.2, 0.25) is 0 Å². The summed E-state index contributed by atoms with van der Waals surface area (Å²) >= 11 is 2.21. The summed E-state index contributed by atoms with van der Waals surface area (Å²) in [5.41, 5.74) is 0. The van der Waals surface area contributed by atoms with Gasteiger partial charge in [0.25, 0.3) is 0 Å². The zero-order chi connectivity index (χ0) is 5.54. The van der Waals surface area contributed by atoms with E-state index in [0.717, 1.165) is 13.1 Å². The van der Waals surface area contributed by atoms with Gasteiger partial charge in [-0.25, -0.2) is 0 Å². The summed E-state index contributed by atoms with van der Waals surface area (Å²) in [4.78, 5) is 0. The van der Waals surface area contributed by atoms with Crippen LogP contribution in [0.4, 0.5) is 0 Å². The van der Waals surface area contributed by atoms with E-state index in [0.29, 0.717) is 0 Å². The van der Waals surface area contributed by atoms with Gasteiger partial charge in [0.05, 0.1) is 0 Å². The Labute approximate surface area is 58.3 Å². The molecule has 0 fully saturated rings. The first kappa shape index (κ1) is 7.43. The van der Waals surface area contributed by atoms with Crippen molar-refractivity contribution in [1.29, 1.82) is 0 Å². The third-order valence-electron chi connectivity index (χ3n) is 0.601. The molecule has 0 spiro atoms. The van der Waals surface area contributed by atoms with E-state index in [1.807, 2.05) is 4.08 Å². The van der Waals surface area contributed by atoms with Crippen LogP contribution < -0.4 is 5.32 Å². The standard InChI is InChI=1S/C5H10IN/c1-2-7-5-3-4-6/h3-4,7H,2,5H2,1H3. The first-order chi connectivity index (χ1) is 3.41. The topological polar surface area (TPSA) is 12.0 Å². The molecule has 0 unspecified atom stereocenters. The highest BCUT2D eigenvalue weighted by molar-refractivity contribution is 14.1. The van der Waals surface area contributed by atoms with Crippen LogP contribution in [0.25, 0.3) is 0 Å². The van der Waals surface area contributed by atoms with E-state index in [1.54, 1.807) is 0 Å². The summed E-state index contributed by atoms with van der Waals surface area (Å²) in [5, 5.41) is 3.16. The summed E-state index contributed by atoms with van der Waals surface area (Å²) in [6, 6.07) is 0. The lowest BCUT2D eigenvalue weighted by atomic mass is 10.6. The third kappa shape index (κ3) is 6.43.